The number of hydrogen-bond donors (Lipinski definition) is 2. The number of hydrogen-bond acceptors (Lipinski definition) is 3. The Labute approximate surface area is 106 Å². The molecule has 0 saturated carbocycles. The number of likely N-dealkylation sites (tertiary alicyclic amines) is 1. The maximum atomic E-state index is 9.81. The summed E-state index contributed by atoms with van der Waals surface area (Å²) in [6, 6.07) is 0. The molecule has 1 fully saturated rings. The highest BCUT2D eigenvalue weighted by Gasteiger charge is 2.23. The van der Waals surface area contributed by atoms with Crippen molar-refractivity contribution in [3.8, 4) is 0 Å². The molecule has 0 aromatic rings. The lowest BCUT2D eigenvalue weighted by Crippen LogP contribution is -2.43. The molecule has 1 rings (SSSR count). The van der Waals surface area contributed by atoms with Gasteiger partial charge in [-0.15, -0.1) is 0 Å². The van der Waals surface area contributed by atoms with Crippen molar-refractivity contribution in [3.05, 3.63) is 0 Å². The molecule has 0 aromatic heterocycles. The number of nitrogens with zero attached hydrogens (tertiary/aromatic N) is 1. The molecule has 0 spiro atoms. The fourth-order valence-electron chi connectivity index (χ4n) is 2.36. The fraction of sp³-hybridized carbons (Fsp3) is 1.00. The lowest BCUT2D eigenvalue weighted by Gasteiger charge is -2.34. The standard InChI is InChI=1S/C14H30N2O/c1-12-6-9-16(10-13(12)17)8-5-4-7-14(2,3)11-15/h12-13,17H,4-11,15H2,1-3H3. The molecule has 1 heterocycles. The predicted molar refractivity (Wildman–Crippen MR) is 72.9 cm³/mol. The zero-order valence-electron chi connectivity index (χ0n) is 11.8. The second-order valence-corrected chi connectivity index (χ2v) is 6.46. The van der Waals surface area contributed by atoms with Crippen molar-refractivity contribution in [1.82, 2.24) is 4.90 Å². The third-order valence-corrected chi connectivity index (χ3v) is 4.13. The summed E-state index contributed by atoms with van der Waals surface area (Å²) in [5.74, 6) is 0.474. The van der Waals surface area contributed by atoms with E-state index in [4.69, 9.17) is 5.73 Å². The van der Waals surface area contributed by atoms with Gasteiger partial charge in [-0.1, -0.05) is 27.2 Å². The molecule has 0 aliphatic carbocycles. The van der Waals surface area contributed by atoms with Crippen LogP contribution in [0.25, 0.3) is 0 Å². The molecule has 1 aliphatic heterocycles. The van der Waals surface area contributed by atoms with Crippen LogP contribution in [0.15, 0.2) is 0 Å². The van der Waals surface area contributed by atoms with Crippen LogP contribution in [0.3, 0.4) is 0 Å². The second kappa shape index (κ2) is 6.72. The summed E-state index contributed by atoms with van der Waals surface area (Å²) >= 11 is 0. The first kappa shape index (κ1) is 14.9. The molecule has 2 unspecified atom stereocenters. The molecule has 3 heteroatoms. The van der Waals surface area contributed by atoms with Gasteiger partial charge in [-0.3, -0.25) is 0 Å². The van der Waals surface area contributed by atoms with Gasteiger partial charge in [0.25, 0.3) is 0 Å². The summed E-state index contributed by atoms with van der Waals surface area (Å²) in [5, 5.41) is 9.81. The number of aliphatic hydroxyl groups excluding tert-OH is 1. The van der Waals surface area contributed by atoms with E-state index >= 15 is 0 Å². The van der Waals surface area contributed by atoms with Crippen LogP contribution in [-0.4, -0.2) is 42.3 Å². The van der Waals surface area contributed by atoms with E-state index in [-0.39, 0.29) is 11.5 Å². The van der Waals surface area contributed by atoms with E-state index in [1.807, 2.05) is 0 Å². The molecule has 1 saturated heterocycles. The van der Waals surface area contributed by atoms with Gasteiger partial charge in [0.15, 0.2) is 0 Å². The minimum absolute atomic E-state index is 0.121. The Morgan fingerprint density at radius 1 is 1.35 bits per heavy atom. The lowest BCUT2D eigenvalue weighted by molar-refractivity contribution is 0.0284. The number of aliphatic hydroxyl groups is 1. The first-order chi connectivity index (χ1) is 7.94. The number of unbranched alkanes of at least 4 members (excludes halogenated alkanes) is 1. The van der Waals surface area contributed by atoms with Crippen LogP contribution < -0.4 is 5.73 Å². The van der Waals surface area contributed by atoms with Crippen LogP contribution in [0.5, 0.6) is 0 Å². The highest BCUT2D eigenvalue weighted by molar-refractivity contribution is 4.77. The van der Waals surface area contributed by atoms with E-state index in [0.717, 1.165) is 32.6 Å². The number of piperidine rings is 1. The van der Waals surface area contributed by atoms with Crippen molar-refractivity contribution >= 4 is 0 Å². The maximum absolute atomic E-state index is 9.81. The molecule has 0 aromatic carbocycles. The first-order valence-electron chi connectivity index (χ1n) is 7.05. The van der Waals surface area contributed by atoms with Gasteiger partial charge in [-0.2, -0.15) is 0 Å². The highest BCUT2D eigenvalue weighted by Crippen LogP contribution is 2.22. The van der Waals surface area contributed by atoms with Gasteiger partial charge in [0, 0.05) is 6.54 Å². The van der Waals surface area contributed by atoms with Crippen molar-refractivity contribution < 1.29 is 5.11 Å². The molecule has 1 aliphatic rings. The average Bonchev–Trinajstić information content (AvgIpc) is 2.29. The fourth-order valence-corrected chi connectivity index (χ4v) is 2.36. The van der Waals surface area contributed by atoms with Crippen LogP contribution >= 0.6 is 0 Å². The summed E-state index contributed by atoms with van der Waals surface area (Å²) in [7, 11) is 0. The Bertz CT molecular complexity index is 218. The summed E-state index contributed by atoms with van der Waals surface area (Å²) in [6.45, 7) is 10.5. The average molecular weight is 242 g/mol. The molecular formula is C14H30N2O. The van der Waals surface area contributed by atoms with Crippen molar-refractivity contribution in [2.75, 3.05) is 26.2 Å². The number of β-amino-alcohol motifs (C(OH)–C–C–N with tert-alkyl or cyclic N) is 1. The van der Waals surface area contributed by atoms with Gasteiger partial charge in [-0.25, -0.2) is 0 Å². The predicted octanol–water partition coefficient (Wildman–Crippen LogP) is 1.84. The van der Waals surface area contributed by atoms with Crippen molar-refractivity contribution in [2.45, 2.75) is 52.6 Å². The molecule has 0 bridgehead atoms. The maximum Gasteiger partial charge on any atom is 0.0693 e. The van der Waals surface area contributed by atoms with Gasteiger partial charge in [0.1, 0.15) is 0 Å². The smallest absolute Gasteiger partial charge is 0.0693 e. The Morgan fingerprint density at radius 3 is 2.65 bits per heavy atom. The van der Waals surface area contributed by atoms with Crippen LogP contribution in [0.1, 0.15) is 46.5 Å². The van der Waals surface area contributed by atoms with Gasteiger partial charge < -0.3 is 15.7 Å². The van der Waals surface area contributed by atoms with Crippen molar-refractivity contribution in [2.24, 2.45) is 17.1 Å². The quantitative estimate of drug-likeness (QED) is 0.699. The monoisotopic (exact) mass is 242 g/mol. The van der Waals surface area contributed by atoms with Crippen molar-refractivity contribution in [1.29, 1.82) is 0 Å². The zero-order chi connectivity index (χ0) is 12.9. The molecule has 0 amide bonds. The summed E-state index contributed by atoms with van der Waals surface area (Å²) in [5.41, 5.74) is 6.01. The minimum Gasteiger partial charge on any atom is -0.392 e. The van der Waals surface area contributed by atoms with Gasteiger partial charge >= 0.3 is 0 Å². The SMILES string of the molecule is CC1CCN(CCCCC(C)(C)CN)CC1O. The summed E-state index contributed by atoms with van der Waals surface area (Å²) < 4.78 is 0. The number of nitrogens with two attached hydrogens (primary N) is 1. The molecule has 2 atom stereocenters. The third-order valence-electron chi connectivity index (χ3n) is 4.13. The molecular weight excluding hydrogens is 212 g/mol. The van der Waals surface area contributed by atoms with E-state index in [9.17, 15) is 5.11 Å². The van der Waals surface area contributed by atoms with E-state index < -0.39 is 0 Å². The zero-order valence-corrected chi connectivity index (χ0v) is 11.8. The van der Waals surface area contributed by atoms with Gasteiger partial charge in [0.2, 0.25) is 0 Å². The van der Waals surface area contributed by atoms with Crippen molar-refractivity contribution in [3.63, 3.8) is 0 Å². The van der Waals surface area contributed by atoms with Crippen LogP contribution in [0.4, 0.5) is 0 Å². The van der Waals surface area contributed by atoms with E-state index in [1.54, 1.807) is 0 Å². The Balaban J connectivity index is 2.11. The normalized spacial score (nSPS) is 27.4. The van der Waals surface area contributed by atoms with E-state index in [0.29, 0.717) is 5.92 Å². The van der Waals surface area contributed by atoms with Crippen LogP contribution in [0.2, 0.25) is 0 Å². The van der Waals surface area contributed by atoms with Crippen LogP contribution in [0, 0.1) is 11.3 Å². The van der Waals surface area contributed by atoms with Gasteiger partial charge in [-0.05, 0) is 50.2 Å². The summed E-state index contributed by atoms with van der Waals surface area (Å²) in [4.78, 5) is 2.40. The molecule has 3 nitrogen and oxygen atoms in total. The minimum atomic E-state index is -0.121. The van der Waals surface area contributed by atoms with E-state index in [2.05, 4.69) is 25.7 Å². The molecule has 3 N–H and O–H groups in total. The number of rotatable bonds is 6. The molecule has 0 radical (unpaired) electrons. The molecule has 17 heavy (non-hydrogen) atoms. The largest absolute Gasteiger partial charge is 0.392 e. The Hall–Kier alpha value is -0.120. The van der Waals surface area contributed by atoms with Gasteiger partial charge in [0.05, 0.1) is 6.10 Å². The Kier molecular flexibility index (Phi) is 5.90. The summed E-state index contributed by atoms with van der Waals surface area (Å²) in [6.07, 6.45) is 4.69. The topological polar surface area (TPSA) is 49.5 Å². The second-order valence-electron chi connectivity index (χ2n) is 6.46. The third kappa shape index (κ3) is 5.36. The lowest BCUT2D eigenvalue weighted by atomic mass is 9.87. The van der Waals surface area contributed by atoms with E-state index in [1.165, 1.54) is 19.3 Å². The first-order valence-corrected chi connectivity index (χ1v) is 7.05. The van der Waals surface area contributed by atoms with Crippen LogP contribution in [-0.2, 0) is 0 Å². The molecule has 102 valence electrons. The highest BCUT2D eigenvalue weighted by atomic mass is 16.3. The Morgan fingerprint density at radius 2 is 2.06 bits per heavy atom.